The molecule has 1 aliphatic heterocycles. The van der Waals surface area contributed by atoms with Crippen molar-refractivity contribution >= 4 is 12.0 Å². The van der Waals surface area contributed by atoms with Gasteiger partial charge in [-0.2, -0.15) is 0 Å². The molecule has 1 aromatic heterocycles. The predicted octanol–water partition coefficient (Wildman–Crippen LogP) is 3.05. The summed E-state index contributed by atoms with van der Waals surface area (Å²) in [5.74, 6) is 1.15. The SMILES string of the molecule is CC(C)c1cnc(N2CCN(C(=O)OC(C)(C)C)CC2C)nc1. The fourth-order valence-corrected chi connectivity index (χ4v) is 2.52. The molecule has 0 saturated carbocycles. The van der Waals surface area contributed by atoms with Crippen LogP contribution >= 0.6 is 0 Å². The van der Waals surface area contributed by atoms with Gasteiger partial charge in [0.05, 0.1) is 0 Å². The van der Waals surface area contributed by atoms with E-state index in [-0.39, 0.29) is 12.1 Å². The van der Waals surface area contributed by atoms with Crippen LogP contribution in [0.5, 0.6) is 0 Å². The van der Waals surface area contributed by atoms with Crippen molar-refractivity contribution in [1.29, 1.82) is 0 Å². The van der Waals surface area contributed by atoms with E-state index in [1.807, 2.05) is 33.2 Å². The minimum absolute atomic E-state index is 0.154. The molecule has 1 unspecified atom stereocenters. The second-order valence-corrected chi connectivity index (χ2v) is 7.44. The molecule has 1 aromatic rings. The van der Waals surface area contributed by atoms with Crippen molar-refractivity contribution in [2.75, 3.05) is 24.5 Å². The number of ether oxygens (including phenoxy) is 1. The van der Waals surface area contributed by atoms with Gasteiger partial charge in [-0.15, -0.1) is 0 Å². The summed E-state index contributed by atoms with van der Waals surface area (Å²) < 4.78 is 5.45. The van der Waals surface area contributed by atoms with E-state index < -0.39 is 5.60 Å². The summed E-state index contributed by atoms with van der Waals surface area (Å²) in [6, 6.07) is 0.154. The van der Waals surface area contributed by atoms with E-state index in [9.17, 15) is 4.79 Å². The minimum Gasteiger partial charge on any atom is -0.444 e. The van der Waals surface area contributed by atoms with E-state index in [1.165, 1.54) is 0 Å². The number of hydrogen-bond acceptors (Lipinski definition) is 5. The lowest BCUT2D eigenvalue weighted by atomic mass is 10.1. The molecule has 0 spiro atoms. The highest BCUT2D eigenvalue weighted by atomic mass is 16.6. The van der Waals surface area contributed by atoms with Crippen molar-refractivity contribution in [2.45, 2.75) is 59.1 Å². The number of rotatable bonds is 2. The van der Waals surface area contributed by atoms with Crippen molar-refractivity contribution in [3.8, 4) is 0 Å². The van der Waals surface area contributed by atoms with Crippen LogP contribution in [0.4, 0.5) is 10.7 Å². The highest BCUT2D eigenvalue weighted by Crippen LogP contribution is 2.20. The molecule has 0 aliphatic carbocycles. The van der Waals surface area contributed by atoms with Crippen molar-refractivity contribution in [3.63, 3.8) is 0 Å². The number of aromatic nitrogens is 2. The Morgan fingerprint density at radius 3 is 2.35 bits per heavy atom. The molecule has 2 heterocycles. The first-order valence-electron chi connectivity index (χ1n) is 8.24. The molecule has 0 bridgehead atoms. The van der Waals surface area contributed by atoms with Gasteiger partial charge in [-0.05, 0) is 39.2 Å². The van der Waals surface area contributed by atoms with Crippen molar-refractivity contribution in [1.82, 2.24) is 14.9 Å². The third-order valence-corrected chi connectivity index (χ3v) is 3.86. The van der Waals surface area contributed by atoms with Crippen molar-refractivity contribution in [2.24, 2.45) is 0 Å². The smallest absolute Gasteiger partial charge is 0.410 e. The molecule has 1 fully saturated rings. The van der Waals surface area contributed by atoms with Crippen LogP contribution in [0.3, 0.4) is 0 Å². The summed E-state index contributed by atoms with van der Waals surface area (Å²) in [7, 11) is 0. The van der Waals surface area contributed by atoms with Crippen LogP contribution in [-0.2, 0) is 4.74 Å². The van der Waals surface area contributed by atoms with Gasteiger partial charge in [0.25, 0.3) is 0 Å². The second kappa shape index (κ2) is 6.72. The topological polar surface area (TPSA) is 58.6 Å². The van der Waals surface area contributed by atoms with E-state index in [0.29, 0.717) is 25.6 Å². The number of hydrogen-bond donors (Lipinski definition) is 0. The first-order chi connectivity index (χ1) is 10.7. The van der Waals surface area contributed by atoms with E-state index in [4.69, 9.17) is 4.74 Å². The molecule has 1 saturated heterocycles. The number of nitrogens with zero attached hydrogens (tertiary/aromatic N) is 4. The quantitative estimate of drug-likeness (QED) is 0.838. The minimum atomic E-state index is -0.465. The molecule has 0 N–H and O–H groups in total. The lowest BCUT2D eigenvalue weighted by molar-refractivity contribution is 0.0218. The second-order valence-electron chi connectivity index (χ2n) is 7.44. The fraction of sp³-hybridized carbons (Fsp3) is 0.706. The molecule has 1 aliphatic rings. The summed E-state index contributed by atoms with van der Waals surface area (Å²) in [5.41, 5.74) is 0.668. The van der Waals surface area contributed by atoms with Gasteiger partial charge in [-0.1, -0.05) is 13.8 Å². The Morgan fingerprint density at radius 2 is 1.87 bits per heavy atom. The lowest BCUT2D eigenvalue weighted by Gasteiger charge is -2.40. The maximum Gasteiger partial charge on any atom is 0.410 e. The van der Waals surface area contributed by atoms with Gasteiger partial charge in [-0.3, -0.25) is 0 Å². The Bertz CT molecular complexity index is 537. The lowest BCUT2D eigenvalue weighted by Crippen LogP contribution is -2.55. The van der Waals surface area contributed by atoms with Gasteiger partial charge in [0.2, 0.25) is 5.95 Å². The first kappa shape index (κ1) is 17.5. The Labute approximate surface area is 138 Å². The number of amides is 1. The van der Waals surface area contributed by atoms with Crippen LogP contribution in [0.1, 0.15) is 53.0 Å². The molecule has 6 nitrogen and oxygen atoms in total. The Hall–Kier alpha value is -1.85. The Morgan fingerprint density at radius 1 is 1.26 bits per heavy atom. The third-order valence-electron chi connectivity index (χ3n) is 3.86. The van der Waals surface area contributed by atoms with Gasteiger partial charge in [0, 0.05) is 38.1 Å². The Kier molecular flexibility index (Phi) is 5.12. The third kappa shape index (κ3) is 4.56. The van der Waals surface area contributed by atoms with E-state index in [0.717, 1.165) is 11.5 Å². The van der Waals surface area contributed by atoms with Gasteiger partial charge < -0.3 is 14.5 Å². The van der Waals surface area contributed by atoms with Crippen molar-refractivity contribution < 1.29 is 9.53 Å². The molecule has 128 valence electrons. The van der Waals surface area contributed by atoms with Gasteiger partial charge in [0.15, 0.2) is 0 Å². The molecule has 0 radical (unpaired) electrons. The standard InChI is InChI=1S/C17H28N4O2/c1-12(2)14-9-18-15(19-10-14)21-8-7-20(11-13(21)3)16(22)23-17(4,5)6/h9-10,12-13H,7-8,11H2,1-6H3. The predicted molar refractivity (Wildman–Crippen MR) is 90.7 cm³/mol. The van der Waals surface area contributed by atoms with Crippen LogP contribution in [-0.4, -0.2) is 52.2 Å². The first-order valence-corrected chi connectivity index (χ1v) is 8.24. The molecular formula is C17H28N4O2. The van der Waals surface area contributed by atoms with Gasteiger partial charge >= 0.3 is 6.09 Å². The van der Waals surface area contributed by atoms with Crippen LogP contribution < -0.4 is 4.90 Å². The normalized spacial score (nSPS) is 19.2. The van der Waals surface area contributed by atoms with E-state index >= 15 is 0 Å². The van der Waals surface area contributed by atoms with Gasteiger partial charge in [0.1, 0.15) is 5.60 Å². The van der Waals surface area contributed by atoms with Crippen LogP contribution in [0.25, 0.3) is 0 Å². The van der Waals surface area contributed by atoms with Gasteiger partial charge in [-0.25, -0.2) is 14.8 Å². The summed E-state index contributed by atoms with van der Waals surface area (Å²) in [5, 5.41) is 0. The summed E-state index contributed by atoms with van der Waals surface area (Å²) in [6.45, 7) is 13.9. The summed E-state index contributed by atoms with van der Waals surface area (Å²) in [6.07, 6.45) is 3.53. The zero-order valence-corrected chi connectivity index (χ0v) is 15.0. The highest BCUT2D eigenvalue weighted by Gasteiger charge is 2.30. The molecular weight excluding hydrogens is 292 g/mol. The average molecular weight is 320 g/mol. The number of carbonyl (C=O) groups excluding carboxylic acids is 1. The number of carbonyl (C=O) groups is 1. The largest absolute Gasteiger partial charge is 0.444 e. The monoisotopic (exact) mass is 320 g/mol. The molecule has 1 amide bonds. The summed E-state index contributed by atoms with van der Waals surface area (Å²) >= 11 is 0. The average Bonchev–Trinajstić information content (AvgIpc) is 2.45. The van der Waals surface area contributed by atoms with E-state index in [1.54, 1.807) is 4.90 Å². The maximum absolute atomic E-state index is 12.2. The molecule has 0 aromatic carbocycles. The summed E-state index contributed by atoms with van der Waals surface area (Å²) in [4.78, 5) is 25.0. The highest BCUT2D eigenvalue weighted by molar-refractivity contribution is 5.68. The zero-order chi connectivity index (χ0) is 17.2. The zero-order valence-electron chi connectivity index (χ0n) is 15.0. The fourth-order valence-electron chi connectivity index (χ4n) is 2.52. The molecule has 1 atom stereocenters. The van der Waals surface area contributed by atoms with Crippen LogP contribution in [0.2, 0.25) is 0 Å². The van der Waals surface area contributed by atoms with Crippen LogP contribution in [0, 0.1) is 0 Å². The van der Waals surface area contributed by atoms with Crippen molar-refractivity contribution in [3.05, 3.63) is 18.0 Å². The molecule has 6 heteroatoms. The Balaban J connectivity index is 2.00. The number of piperazine rings is 1. The van der Waals surface area contributed by atoms with E-state index in [2.05, 4.69) is 35.6 Å². The molecule has 23 heavy (non-hydrogen) atoms. The molecule has 2 rings (SSSR count). The number of anilines is 1. The maximum atomic E-state index is 12.2. The van der Waals surface area contributed by atoms with Crippen LogP contribution in [0.15, 0.2) is 12.4 Å².